The van der Waals surface area contributed by atoms with E-state index in [1.807, 2.05) is 101 Å². The molecular weight excluding hydrogens is 1540 g/mol. The Morgan fingerprint density at radius 1 is 0.534 bits per heavy atom. The van der Waals surface area contributed by atoms with Crippen LogP contribution in [0.25, 0.3) is 21.5 Å². The average molecular weight is 1650 g/mol. The molecule has 14 atom stereocenters. The van der Waals surface area contributed by atoms with E-state index < -0.39 is 148 Å². The molecule has 14 rings (SSSR count). The molecule has 0 spiro atoms. The molecule has 116 heavy (non-hydrogen) atoms. The van der Waals surface area contributed by atoms with Gasteiger partial charge in [0.05, 0.1) is 114 Å². The first-order valence-corrected chi connectivity index (χ1v) is 44.2. The molecule has 30 heteroatoms. The number of amides is 4. The lowest BCUT2D eigenvalue weighted by atomic mass is 9.82. The van der Waals surface area contributed by atoms with E-state index in [2.05, 4.69) is 33.3 Å². The highest BCUT2D eigenvalue weighted by Crippen LogP contribution is 2.60. The van der Waals surface area contributed by atoms with Crippen molar-refractivity contribution in [2.75, 3.05) is 67.1 Å². The largest absolute Gasteiger partial charge is 0.494 e. The highest BCUT2D eigenvalue weighted by atomic mass is 32.2. The number of pyridine rings is 2. The third-order valence-corrected chi connectivity index (χ3v) is 30.9. The normalized spacial score (nSPS) is 31.5. The number of esters is 2. The number of carbonyl (C=O) groups is 8. The summed E-state index contributed by atoms with van der Waals surface area (Å²) in [4.78, 5) is 127. The fourth-order valence-electron chi connectivity index (χ4n) is 18.4. The zero-order valence-corrected chi connectivity index (χ0v) is 69.4. The number of Topliss-reactive ketones (excluding diaryl/α,β-unsaturated/α-hetero) is 2. The van der Waals surface area contributed by atoms with Gasteiger partial charge in [-0.25, -0.2) is 35.6 Å². The van der Waals surface area contributed by atoms with Gasteiger partial charge in [0.25, 0.3) is 0 Å². The van der Waals surface area contributed by atoms with Gasteiger partial charge in [-0.15, -0.1) is 0 Å². The zero-order chi connectivity index (χ0) is 82.9. The Labute approximate surface area is 677 Å². The van der Waals surface area contributed by atoms with Gasteiger partial charge in [-0.2, -0.15) is 0 Å². The van der Waals surface area contributed by atoms with Crippen LogP contribution in [0.2, 0.25) is 0 Å². The Kier molecular flexibility index (Phi) is 25.6. The SMILES string of the molecule is COc1cnc(O[C@@H]2C[C@H]3C(=O)C[C@]4(C(=O)NS(=O)(=O)C5(CF)CC5)C[C@H]4/C=C\CC[C@@H](C)C[C@@H](C)[C@H](CC(=O)OC4(C)CCOCC4)C(=O)N3C2)c2ccccc12.COc1cnc(O[C@@H]2C[C@H]3C(=O)C[C@]4(C(=O)NS(=O)(=O)C5(CF)CC5)C[C@H]4/C=C\CC[C@H](C)C[C@@H](C)[C@H](CC(=O)OC4(C)CCOCC4)C(=O)N3C2)c2ccccc12. The van der Waals surface area contributed by atoms with Crippen molar-refractivity contribution in [1.29, 1.82) is 0 Å². The number of benzene rings is 2. The van der Waals surface area contributed by atoms with Crippen molar-refractivity contribution < 1.29 is 102 Å². The minimum absolute atomic E-state index is 0.01000. The van der Waals surface area contributed by atoms with E-state index in [9.17, 15) is 54.4 Å². The summed E-state index contributed by atoms with van der Waals surface area (Å²) >= 11 is 0. The van der Waals surface area contributed by atoms with Crippen molar-refractivity contribution in [2.45, 2.75) is 228 Å². The summed E-state index contributed by atoms with van der Waals surface area (Å²) in [7, 11) is -5.59. The Hall–Kier alpha value is -8.22. The molecule has 2 aromatic heterocycles. The molecule has 8 heterocycles. The molecule has 2 N–H and O–H groups in total. The summed E-state index contributed by atoms with van der Waals surface area (Å²) < 4.78 is 129. The van der Waals surface area contributed by atoms with Crippen LogP contribution in [0.15, 0.2) is 85.2 Å². The summed E-state index contributed by atoms with van der Waals surface area (Å²) in [5.41, 5.74) is -4.22. The molecule has 4 saturated carbocycles. The summed E-state index contributed by atoms with van der Waals surface area (Å²) in [6.07, 6.45) is 15.8. The standard InChI is InChI=1S/2C43H56FN3O10S/c2*1-27-9-5-6-10-29-22-43(29,40(51)46-58(52,53)42(26-44)13-14-42)23-35(48)34-20-30(56-38-32-12-8-7-11-31(32)36(54-4)24-45-38)25-47(34)39(50)33(28(2)19-27)21-37(49)57-41(3)15-17-55-18-16-41/h2*6-8,10-12,24,27-30,33-34H,5,9,13-23,25-26H2,1-4H3,(H,46,51)/b2*10-6-/t27-,28+,29+,30+,33-,34-,43+;27-,28-,29-,30-,33+,34+,43-/m01/s1. The van der Waals surface area contributed by atoms with E-state index in [0.29, 0.717) is 112 Å². The number of methoxy groups -OCH3 is 2. The van der Waals surface area contributed by atoms with Crippen LogP contribution < -0.4 is 28.4 Å². The number of rotatable bonds is 20. The quantitative estimate of drug-likeness (QED) is 0.0613. The number of nitrogens with one attached hydrogen (secondary N) is 2. The van der Waals surface area contributed by atoms with Gasteiger partial charge in [0.1, 0.15) is 57.8 Å². The molecule has 6 aliphatic heterocycles. The number of halogens is 2. The van der Waals surface area contributed by atoms with Gasteiger partial charge in [0.2, 0.25) is 55.4 Å². The van der Waals surface area contributed by atoms with Gasteiger partial charge < -0.3 is 47.7 Å². The number of carbonyl (C=O) groups excluding carboxylic acids is 8. The van der Waals surface area contributed by atoms with Gasteiger partial charge >= 0.3 is 11.9 Å². The van der Waals surface area contributed by atoms with Crippen molar-refractivity contribution in [2.24, 2.45) is 58.2 Å². The minimum atomic E-state index is -4.34. The fraction of sp³-hybridized carbons (Fsp3) is 0.651. The molecular formula is C86H112F2N6O20S2. The first kappa shape index (κ1) is 85.7. The molecule has 4 saturated heterocycles. The van der Waals surface area contributed by atoms with Crippen LogP contribution in [-0.4, -0.2) is 196 Å². The highest BCUT2D eigenvalue weighted by molar-refractivity contribution is 7.92. The molecule has 4 amide bonds. The van der Waals surface area contributed by atoms with Crippen molar-refractivity contribution in [3.05, 3.63) is 85.2 Å². The van der Waals surface area contributed by atoms with Crippen LogP contribution in [0.1, 0.15) is 183 Å². The van der Waals surface area contributed by atoms with E-state index in [-0.39, 0.29) is 126 Å². The maximum atomic E-state index is 15.0. The van der Waals surface area contributed by atoms with E-state index in [4.69, 9.17) is 37.9 Å². The van der Waals surface area contributed by atoms with Gasteiger partial charge in [0, 0.05) is 72.9 Å². The van der Waals surface area contributed by atoms with E-state index in [0.717, 1.165) is 23.6 Å². The van der Waals surface area contributed by atoms with Crippen molar-refractivity contribution >= 4 is 88.7 Å². The number of alkyl halides is 2. The second kappa shape index (κ2) is 34.6. The summed E-state index contributed by atoms with van der Waals surface area (Å²) in [5.74, 6) is -5.23. The summed E-state index contributed by atoms with van der Waals surface area (Å²) in [6.45, 7) is 11.6. The number of ketones is 2. The topological polar surface area (TPSA) is 335 Å². The van der Waals surface area contributed by atoms with Gasteiger partial charge in [0.15, 0.2) is 11.6 Å². The fourth-order valence-corrected chi connectivity index (χ4v) is 21.3. The van der Waals surface area contributed by atoms with Crippen LogP contribution in [0.5, 0.6) is 23.3 Å². The lowest BCUT2D eigenvalue weighted by Crippen LogP contribution is -2.48. The van der Waals surface area contributed by atoms with Gasteiger partial charge in [-0.05, 0) is 139 Å². The average Bonchev–Trinajstić information content (AvgIpc) is 1.56. The van der Waals surface area contributed by atoms with Crippen molar-refractivity contribution in [1.82, 2.24) is 29.2 Å². The van der Waals surface area contributed by atoms with E-state index >= 15 is 9.59 Å². The second-order valence-electron chi connectivity index (χ2n) is 35.4. The lowest BCUT2D eigenvalue weighted by Gasteiger charge is -2.35. The Balaban J connectivity index is 0.000000202. The van der Waals surface area contributed by atoms with Gasteiger partial charge in [-0.3, -0.25) is 47.8 Å². The first-order valence-electron chi connectivity index (χ1n) is 41.3. The zero-order valence-electron chi connectivity index (χ0n) is 67.8. The molecule has 8 fully saturated rings. The number of ether oxygens (including phenoxy) is 8. The molecule has 0 bridgehead atoms. The number of hydrogen-bond acceptors (Lipinski definition) is 22. The molecule has 10 aliphatic rings. The molecule has 26 nitrogen and oxygen atoms in total. The van der Waals surface area contributed by atoms with Crippen molar-refractivity contribution in [3.63, 3.8) is 0 Å². The lowest BCUT2D eigenvalue weighted by molar-refractivity contribution is -0.170. The molecule has 632 valence electrons. The Bertz CT molecular complexity index is 4390. The number of allylic oxidation sites excluding steroid dienone is 4. The number of aromatic nitrogens is 2. The molecule has 4 aliphatic carbocycles. The summed E-state index contributed by atoms with van der Waals surface area (Å²) in [5, 5.41) is 2.90. The highest BCUT2D eigenvalue weighted by Gasteiger charge is 2.66. The van der Waals surface area contributed by atoms with E-state index in [1.165, 1.54) is 9.80 Å². The maximum absolute atomic E-state index is 15.0. The predicted octanol–water partition coefficient (Wildman–Crippen LogP) is 11.3. The van der Waals surface area contributed by atoms with Crippen LogP contribution in [0.4, 0.5) is 8.78 Å². The maximum Gasteiger partial charge on any atom is 0.307 e. The Morgan fingerprint density at radius 2 is 0.897 bits per heavy atom. The third kappa shape index (κ3) is 18.3. The molecule has 4 aromatic rings. The smallest absolute Gasteiger partial charge is 0.307 e. The van der Waals surface area contributed by atoms with E-state index in [1.54, 1.807) is 26.6 Å². The van der Waals surface area contributed by atoms with Crippen molar-refractivity contribution in [3.8, 4) is 23.3 Å². The number of fused-ring (bicyclic) bond motifs is 6. The minimum Gasteiger partial charge on any atom is -0.494 e. The summed E-state index contributed by atoms with van der Waals surface area (Å²) in [6, 6.07) is 12.8. The third-order valence-electron chi connectivity index (χ3n) is 26.7. The molecule has 2 aromatic carbocycles. The first-order chi connectivity index (χ1) is 55.3. The molecule has 0 radical (unpaired) electrons. The second-order valence-corrected chi connectivity index (χ2v) is 39.5. The Morgan fingerprint density at radius 3 is 1.24 bits per heavy atom. The predicted molar refractivity (Wildman–Crippen MR) is 424 cm³/mol. The molecule has 0 unspecified atom stereocenters. The van der Waals surface area contributed by atoms with Gasteiger partial charge in [-0.1, -0.05) is 88.4 Å². The number of sulfonamides is 2. The number of nitrogens with zero attached hydrogens (tertiary/aromatic N) is 4. The van der Waals surface area contributed by atoms with Crippen LogP contribution in [0.3, 0.4) is 0 Å². The number of hydrogen-bond donors (Lipinski definition) is 2. The van der Waals surface area contributed by atoms with Crippen LogP contribution in [-0.2, 0) is 77.4 Å². The van der Waals surface area contributed by atoms with Crippen LogP contribution >= 0.6 is 0 Å². The van der Waals surface area contributed by atoms with Crippen LogP contribution in [0, 0.1) is 58.2 Å². The monoisotopic (exact) mass is 1650 g/mol.